The van der Waals surface area contributed by atoms with Gasteiger partial charge in [-0.1, -0.05) is 80.1 Å². The van der Waals surface area contributed by atoms with Crippen LogP contribution in [0, 0.1) is 0 Å². The van der Waals surface area contributed by atoms with Crippen molar-refractivity contribution in [3.8, 4) is 28.0 Å². The third-order valence-electron chi connectivity index (χ3n) is 12.1. The van der Waals surface area contributed by atoms with E-state index in [2.05, 4.69) is 51.4 Å². The van der Waals surface area contributed by atoms with E-state index in [4.69, 9.17) is 42.1 Å². The Kier molecular flexibility index (Phi) is 28.9. The van der Waals surface area contributed by atoms with E-state index in [0.717, 1.165) is 42.4 Å². The molecule has 0 spiro atoms. The second kappa shape index (κ2) is 34.3. The van der Waals surface area contributed by atoms with Gasteiger partial charge in [0.2, 0.25) is 17.7 Å². The Labute approximate surface area is 516 Å². The minimum absolute atomic E-state index is 0.0117. The monoisotopic (exact) mass is 1230 g/mol. The summed E-state index contributed by atoms with van der Waals surface area (Å²) in [6, 6.07) is 23.0. The molecule has 1 fully saturated rings. The van der Waals surface area contributed by atoms with Crippen molar-refractivity contribution in [1.82, 2.24) is 31.5 Å². The van der Waals surface area contributed by atoms with E-state index in [9.17, 15) is 38.4 Å². The number of carbonyl (C=O) groups excluding carboxylic acids is 8. The Morgan fingerprint density at radius 1 is 0.756 bits per heavy atom. The molecule has 0 aromatic heterocycles. The number of hydrogen-bond acceptors (Lipinski definition) is 14. The number of carbonyl (C=O) groups is 8. The first-order valence-corrected chi connectivity index (χ1v) is 29.2. The summed E-state index contributed by atoms with van der Waals surface area (Å²) in [5.74, 6) is -2.57. The molecular formula is C65H86Cl2N6O13. The van der Waals surface area contributed by atoms with Crippen LogP contribution in [0.25, 0.3) is 22.3 Å². The zero-order valence-corrected chi connectivity index (χ0v) is 53.4. The van der Waals surface area contributed by atoms with E-state index in [-0.39, 0.29) is 49.1 Å². The van der Waals surface area contributed by atoms with Crippen LogP contribution in [0.15, 0.2) is 110 Å². The van der Waals surface area contributed by atoms with Gasteiger partial charge in [-0.25, -0.2) is 14.4 Å². The van der Waals surface area contributed by atoms with Crippen LogP contribution in [-0.4, -0.2) is 122 Å². The van der Waals surface area contributed by atoms with Gasteiger partial charge in [-0.05, 0) is 170 Å². The molecule has 0 saturated heterocycles. The number of alkyl halides is 1. The van der Waals surface area contributed by atoms with Gasteiger partial charge in [0.25, 0.3) is 5.91 Å². The number of Topliss-reactive ketones (excluding diaryl/α,β-unsaturated/α-hetero) is 1. The average Bonchev–Trinajstić information content (AvgIpc) is 1.92. The maximum Gasteiger partial charge on any atom is 0.514 e. The predicted molar refractivity (Wildman–Crippen MR) is 335 cm³/mol. The van der Waals surface area contributed by atoms with E-state index in [0.29, 0.717) is 45.1 Å². The molecule has 5 N–H and O–H groups in total. The molecule has 5 amide bonds. The zero-order chi connectivity index (χ0) is 64.5. The normalized spacial score (nSPS) is 14.6. The largest absolute Gasteiger partial charge is 0.514 e. The molecule has 1 aliphatic heterocycles. The number of halogens is 2. The van der Waals surface area contributed by atoms with Crippen LogP contribution in [0.1, 0.15) is 141 Å². The summed E-state index contributed by atoms with van der Waals surface area (Å²) >= 11 is 11.7. The SMILES string of the molecule is C=C(CNC(=O)c1ccc(-c2ccc(Cl)cc2)cc1)N(C)C1C(=O)NCC(=O)NC(C(=O)NCC(=O)CCl)Cc2ccc(OC(=O)OC(C)(C)C)c(c2)-c2cc1ccc2C1CC1.C=CC.CCCCNC(=O)OC(C)(C)C.COC(=O)OC(C)(C)C. The number of unbranched alkanes of at least 4 members (excludes halogenated alkanes) is 1. The highest BCUT2D eigenvalue weighted by Crippen LogP contribution is 2.47. The lowest BCUT2D eigenvalue weighted by Gasteiger charge is -2.32. The molecule has 0 radical (unpaired) electrons. The Hall–Kier alpha value is -7.90. The molecule has 4 aromatic carbocycles. The molecule has 4 aromatic rings. The summed E-state index contributed by atoms with van der Waals surface area (Å²) in [4.78, 5) is 103. The van der Waals surface area contributed by atoms with E-state index in [1.165, 1.54) is 7.11 Å². The number of rotatable bonds is 15. The topological polar surface area (TPSA) is 246 Å². The summed E-state index contributed by atoms with van der Waals surface area (Å²) in [5, 5.41) is 14.1. The first-order chi connectivity index (χ1) is 40.3. The molecular weight excluding hydrogens is 1140 g/mol. The highest BCUT2D eigenvalue weighted by atomic mass is 35.5. The van der Waals surface area contributed by atoms with Crippen LogP contribution < -0.4 is 31.3 Å². The molecule has 1 heterocycles. The van der Waals surface area contributed by atoms with Gasteiger partial charge < -0.3 is 55.2 Å². The van der Waals surface area contributed by atoms with Gasteiger partial charge in [-0.15, -0.1) is 18.2 Å². The molecule has 4 bridgehead atoms. The van der Waals surface area contributed by atoms with Crippen LogP contribution in [-0.2, 0) is 44.5 Å². The second-order valence-electron chi connectivity index (χ2n) is 23.2. The van der Waals surface area contributed by atoms with E-state index >= 15 is 0 Å². The van der Waals surface area contributed by atoms with Crippen LogP contribution in [0.4, 0.5) is 14.4 Å². The fourth-order valence-electron chi connectivity index (χ4n) is 7.97. The van der Waals surface area contributed by atoms with E-state index < -0.39 is 71.2 Å². The Bertz CT molecular complexity index is 2980. The molecule has 2 atom stereocenters. The van der Waals surface area contributed by atoms with Gasteiger partial charge in [0.05, 0.1) is 32.6 Å². The number of fused-ring (bicyclic) bond motifs is 5. The second-order valence-corrected chi connectivity index (χ2v) is 23.9. The molecule has 1 aliphatic carbocycles. The number of ether oxygens (including phenoxy) is 5. The molecule has 19 nitrogen and oxygen atoms in total. The number of methoxy groups -OCH3 is 1. The lowest BCUT2D eigenvalue weighted by atomic mass is 9.89. The van der Waals surface area contributed by atoms with Crippen molar-refractivity contribution in [3.63, 3.8) is 0 Å². The fraction of sp³-hybridized carbons (Fsp3) is 0.446. The average molecular weight is 1230 g/mol. The van der Waals surface area contributed by atoms with Gasteiger partial charge in [0.15, 0.2) is 5.78 Å². The van der Waals surface area contributed by atoms with Gasteiger partial charge in [0, 0.05) is 41.9 Å². The van der Waals surface area contributed by atoms with Crippen molar-refractivity contribution in [2.45, 2.75) is 143 Å². The lowest BCUT2D eigenvalue weighted by Crippen LogP contribution is -2.52. The highest BCUT2D eigenvalue weighted by Gasteiger charge is 2.33. The number of allylic oxidation sites excluding steroid dienone is 1. The Morgan fingerprint density at radius 2 is 1.34 bits per heavy atom. The summed E-state index contributed by atoms with van der Waals surface area (Å²) in [6.07, 6.45) is 3.78. The molecule has 21 heteroatoms. The van der Waals surface area contributed by atoms with Crippen LogP contribution >= 0.6 is 23.2 Å². The quantitative estimate of drug-likeness (QED) is 0.0186. The minimum Gasteiger partial charge on any atom is -0.444 e. The molecule has 2 unspecified atom stereocenters. The predicted octanol–water partition coefficient (Wildman–Crippen LogP) is 11.9. The van der Waals surface area contributed by atoms with Crippen molar-refractivity contribution >= 4 is 71.0 Å². The van der Waals surface area contributed by atoms with Crippen LogP contribution in [0.5, 0.6) is 5.75 Å². The molecule has 1 saturated carbocycles. The molecule has 468 valence electrons. The van der Waals surface area contributed by atoms with Crippen LogP contribution in [0.3, 0.4) is 0 Å². The number of hydrogen-bond donors (Lipinski definition) is 5. The van der Waals surface area contributed by atoms with Crippen molar-refractivity contribution in [3.05, 3.63) is 137 Å². The van der Waals surface area contributed by atoms with Crippen LogP contribution in [0.2, 0.25) is 5.02 Å². The smallest absolute Gasteiger partial charge is 0.444 e. The number of alkyl carbamates (subject to hydrolysis) is 1. The number of amides is 5. The van der Waals surface area contributed by atoms with Crippen molar-refractivity contribution in [2.75, 3.05) is 46.2 Å². The maximum atomic E-state index is 14.3. The van der Waals surface area contributed by atoms with Crippen molar-refractivity contribution in [2.24, 2.45) is 0 Å². The third kappa shape index (κ3) is 26.2. The summed E-state index contributed by atoms with van der Waals surface area (Å²) < 4.78 is 25.4. The minimum atomic E-state index is -1.17. The lowest BCUT2D eigenvalue weighted by molar-refractivity contribution is -0.131. The number of nitrogens with one attached hydrogen (secondary N) is 5. The standard InChI is InChI=1S/C47H49Cl2N5O8.C9H19NO2.C6H12O3.C3H6/c1-27(24-50-43(57)32-11-7-29(8-12-32)30-13-16-34(49)17-14-30)54(5)42-33-15-18-36(31-9-10-31)37(22-33)38-20-28(6-19-40(38)61-46(60)62-47(2,3)4)21-39(44(58)51-25-35(55)23-48)53-41(56)26-52-45(42)59;1-5-6-7-10-8(11)12-9(2,3)4;1-6(2,3)9-5(7)8-4;1-3-2/h6-8,11-20,22,31,39,42H,1,9-10,21,23-26H2,2-5H3,(H,50,57)(H,51,58)(H,52,59)(H,53,56);5-7H2,1-4H3,(H,10,11);1-4H3;3H,1H2,2H3. The van der Waals surface area contributed by atoms with E-state index in [1.807, 2.05) is 70.2 Å². The number of nitrogens with zero attached hydrogens (tertiary/aromatic N) is 1. The van der Waals surface area contributed by atoms with Gasteiger partial charge >= 0.3 is 18.4 Å². The Morgan fingerprint density at radius 3 is 1.87 bits per heavy atom. The zero-order valence-electron chi connectivity index (χ0n) is 51.9. The first-order valence-electron chi connectivity index (χ1n) is 28.3. The summed E-state index contributed by atoms with van der Waals surface area (Å²) in [5.41, 5.74) is 4.25. The molecule has 86 heavy (non-hydrogen) atoms. The number of likely N-dealkylation sites (N-methyl/N-ethyl adjacent to an activating group) is 1. The van der Waals surface area contributed by atoms with Gasteiger partial charge in [0.1, 0.15) is 34.6 Å². The third-order valence-corrected chi connectivity index (χ3v) is 12.7. The number of benzene rings is 4. The maximum absolute atomic E-state index is 14.3. The Balaban J connectivity index is 0.000000675. The van der Waals surface area contributed by atoms with Crippen molar-refractivity contribution in [1.29, 1.82) is 0 Å². The van der Waals surface area contributed by atoms with Crippen molar-refractivity contribution < 1.29 is 62.0 Å². The van der Waals surface area contributed by atoms with Gasteiger partial charge in [-0.2, -0.15) is 0 Å². The summed E-state index contributed by atoms with van der Waals surface area (Å²) in [7, 11) is 2.95. The highest BCUT2D eigenvalue weighted by molar-refractivity contribution is 6.30. The van der Waals surface area contributed by atoms with E-state index in [1.54, 1.807) is 102 Å². The molecule has 6 rings (SSSR count). The number of ketones is 1. The molecule has 2 aliphatic rings. The summed E-state index contributed by atoms with van der Waals surface area (Å²) in [6.45, 7) is 27.5. The first kappa shape index (κ1) is 72.4. The van der Waals surface area contributed by atoms with Gasteiger partial charge in [-0.3, -0.25) is 24.0 Å². The fourth-order valence-corrected chi connectivity index (χ4v) is 8.19.